The van der Waals surface area contributed by atoms with Crippen LogP contribution in [0.5, 0.6) is 0 Å². The molecule has 0 saturated carbocycles. The molecule has 0 heterocycles. The van der Waals surface area contributed by atoms with Crippen LogP contribution in [0.1, 0.15) is 76.7 Å². The zero-order valence-corrected chi connectivity index (χ0v) is 21.4. The molecule has 0 saturated heterocycles. The van der Waals surface area contributed by atoms with Gasteiger partial charge in [0.15, 0.2) is 0 Å². The number of benzene rings is 2. The Morgan fingerprint density at radius 3 is 1.70 bits per heavy atom. The molecule has 0 aliphatic carbocycles. The van der Waals surface area contributed by atoms with Crippen molar-refractivity contribution in [3.63, 3.8) is 0 Å². The van der Waals surface area contributed by atoms with E-state index in [9.17, 15) is 0 Å². The molecule has 0 unspecified atom stereocenters. The molecule has 0 aliphatic rings. The van der Waals surface area contributed by atoms with Crippen LogP contribution in [0.4, 0.5) is 0 Å². The number of hydrogen-bond acceptors (Lipinski definition) is 3. The van der Waals surface area contributed by atoms with Crippen LogP contribution in [0.3, 0.4) is 0 Å². The second-order valence-electron chi connectivity index (χ2n) is 7.38. The summed E-state index contributed by atoms with van der Waals surface area (Å²) in [7, 11) is -4.92. The SMILES string of the molecule is CCCCCCCCCCCCc1ccccc1-c1ccccc1.O=S(=O)([O-])O.[Na+]. The van der Waals surface area contributed by atoms with E-state index in [1.54, 1.807) is 0 Å². The Balaban J connectivity index is 0.00000125. The van der Waals surface area contributed by atoms with Crippen molar-refractivity contribution in [2.45, 2.75) is 77.6 Å². The predicted octanol–water partition coefficient (Wildman–Crippen LogP) is 3.83. The molecule has 0 aliphatic heterocycles. The standard InChI is InChI=1S/C24H34.Na.H2O4S/c1-2-3-4-5-6-7-8-9-10-12-17-23-20-15-16-21-24(23)22-18-13-11-14-19-22;;1-5(2,3)4/h11,13-16,18-21H,2-10,12,17H2,1H3;;(H2,1,2,3,4)/q;+1;/p-1. The fourth-order valence-corrected chi connectivity index (χ4v) is 3.44. The Morgan fingerprint density at radius 1 is 0.733 bits per heavy atom. The Morgan fingerprint density at radius 2 is 1.17 bits per heavy atom. The van der Waals surface area contributed by atoms with E-state index in [0.29, 0.717) is 0 Å². The van der Waals surface area contributed by atoms with Gasteiger partial charge in [0, 0.05) is 0 Å². The summed E-state index contributed by atoms with van der Waals surface area (Å²) in [6.07, 6.45) is 15.3. The Hall–Kier alpha value is -0.690. The van der Waals surface area contributed by atoms with Gasteiger partial charge in [-0.05, 0) is 29.5 Å². The molecule has 4 nitrogen and oxygen atoms in total. The molecule has 2 rings (SSSR count). The summed E-state index contributed by atoms with van der Waals surface area (Å²) in [6, 6.07) is 19.7. The molecule has 1 N–H and O–H groups in total. The molecule has 0 amide bonds. The Kier molecular flexibility index (Phi) is 17.5. The number of unbranched alkanes of at least 4 members (excludes halogenated alkanes) is 9. The average Bonchev–Trinajstić information content (AvgIpc) is 2.69. The fraction of sp³-hybridized carbons (Fsp3) is 0.500. The summed E-state index contributed by atoms with van der Waals surface area (Å²) in [5.74, 6) is 0. The summed E-state index contributed by atoms with van der Waals surface area (Å²) < 4.78 is 32.8. The largest absolute Gasteiger partial charge is 1.00 e. The van der Waals surface area contributed by atoms with Gasteiger partial charge in [-0.3, -0.25) is 4.55 Å². The summed E-state index contributed by atoms with van der Waals surface area (Å²) in [5.41, 5.74) is 4.26. The maximum atomic E-state index is 8.63. The maximum absolute atomic E-state index is 8.63. The van der Waals surface area contributed by atoms with Gasteiger partial charge in [0.1, 0.15) is 0 Å². The van der Waals surface area contributed by atoms with Gasteiger partial charge < -0.3 is 4.55 Å². The molecule has 0 atom stereocenters. The second kappa shape index (κ2) is 17.9. The van der Waals surface area contributed by atoms with E-state index in [1.807, 2.05) is 0 Å². The summed E-state index contributed by atoms with van der Waals surface area (Å²) in [4.78, 5) is 0. The van der Waals surface area contributed by atoms with Crippen molar-refractivity contribution in [1.82, 2.24) is 0 Å². The van der Waals surface area contributed by atoms with Crippen LogP contribution in [0, 0.1) is 0 Å². The molecule has 2 aromatic rings. The summed E-state index contributed by atoms with van der Waals surface area (Å²) >= 11 is 0. The molecule has 0 bridgehead atoms. The van der Waals surface area contributed by atoms with Crippen LogP contribution in [-0.2, 0) is 16.8 Å². The van der Waals surface area contributed by atoms with Gasteiger partial charge >= 0.3 is 29.6 Å². The Labute approximate surface area is 205 Å². The molecule has 0 radical (unpaired) electrons. The number of aryl methyl sites for hydroxylation is 1. The fourth-order valence-electron chi connectivity index (χ4n) is 3.44. The molecule has 2 aromatic carbocycles. The second-order valence-corrected chi connectivity index (χ2v) is 8.24. The number of hydrogen-bond donors (Lipinski definition) is 1. The van der Waals surface area contributed by atoms with E-state index in [-0.39, 0.29) is 29.6 Å². The van der Waals surface area contributed by atoms with Crippen molar-refractivity contribution >= 4 is 10.4 Å². The minimum absolute atomic E-state index is 0. The first kappa shape index (κ1) is 29.3. The van der Waals surface area contributed by atoms with Crippen LogP contribution < -0.4 is 29.6 Å². The average molecular weight is 443 g/mol. The monoisotopic (exact) mass is 442 g/mol. The van der Waals surface area contributed by atoms with Crippen LogP contribution in [0.25, 0.3) is 11.1 Å². The van der Waals surface area contributed by atoms with E-state index in [4.69, 9.17) is 17.5 Å². The normalized spacial score (nSPS) is 10.6. The molecule has 0 spiro atoms. The van der Waals surface area contributed by atoms with Crippen molar-refractivity contribution < 1.29 is 47.1 Å². The first-order valence-corrected chi connectivity index (χ1v) is 12.1. The zero-order valence-electron chi connectivity index (χ0n) is 18.6. The molecule has 0 aromatic heterocycles. The zero-order chi connectivity index (χ0) is 21.4. The van der Waals surface area contributed by atoms with Crippen molar-refractivity contribution in [2.75, 3.05) is 0 Å². The minimum atomic E-state index is -4.92. The van der Waals surface area contributed by atoms with Gasteiger partial charge in [-0.1, -0.05) is 119 Å². The van der Waals surface area contributed by atoms with Crippen molar-refractivity contribution in [3.8, 4) is 11.1 Å². The minimum Gasteiger partial charge on any atom is -0.726 e. The topological polar surface area (TPSA) is 77.4 Å². The van der Waals surface area contributed by atoms with Crippen molar-refractivity contribution in [2.24, 2.45) is 0 Å². The van der Waals surface area contributed by atoms with Gasteiger partial charge in [0.2, 0.25) is 10.4 Å². The van der Waals surface area contributed by atoms with Crippen LogP contribution in [0.15, 0.2) is 54.6 Å². The van der Waals surface area contributed by atoms with Gasteiger partial charge in [-0.2, -0.15) is 0 Å². The predicted molar refractivity (Wildman–Crippen MR) is 120 cm³/mol. The van der Waals surface area contributed by atoms with E-state index in [1.165, 1.54) is 87.3 Å². The smallest absolute Gasteiger partial charge is 0.726 e. The number of rotatable bonds is 12. The van der Waals surface area contributed by atoms with Crippen LogP contribution in [0.2, 0.25) is 0 Å². The quantitative estimate of drug-likeness (QED) is 0.235. The van der Waals surface area contributed by atoms with Crippen molar-refractivity contribution in [1.29, 1.82) is 0 Å². The first-order valence-electron chi connectivity index (χ1n) is 10.7. The molecule has 6 heteroatoms. The van der Waals surface area contributed by atoms with Crippen LogP contribution >= 0.6 is 0 Å². The third-order valence-corrected chi connectivity index (χ3v) is 4.90. The third-order valence-electron chi connectivity index (χ3n) is 4.90. The van der Waals surface area contributed by atoms with Crippen LogP contribution in [-0.4, -0.2) is 17.5 Å². The van der Waals surface area contributed by atoms with E-state index in [2.05, 4.69) is 61.5 Å². The van der Waals surface area contributed by atoms with Gasteiger partial charge in [-0.15, -0.1) is 0 Å². The van der Waals surface area contributed by atoms with E-state index >= 15 is 0 Å². The summed E-state index contributed by atoms with van der Waals surface area (Å²) in [5, 5.41) is 0. The van der Waals surface area contributed by atoms with Gasteiger partial charge in [0.05, 0.1) is 0 Å². The Bertz CT molecular complexity index is 756. The molecule has 0 fully saturated rings. The molecular weight excluding hydrogens is 407 g/mol. The summed E-state index contributed by atoms with van der Waals surface area (Å²) in [6.45, 7) is 2.29. The molecule has 30 heavy (non-hydrogen) atoms. The third kappa shape index (κ3) is 16.1. The van der Waals surface area contributed by atoms with Crippen molar-refractivity contribution in [3.05, 3.63) is 60.2 Å². The van der Waals surface area contributed by atoms with Gasteiger partial charge in [0.25, 0.3) is 0 Å². The molecule has 162 valence electrons. The van der Waals surface area contributed by atoms with Gasteiger partial charge in [-0.25, -0.2) is 8.42 Å². The molecular formula is C24H35NaO4S. The van der Waals surface area contributed by atoms with E-state index in [0.717, 1.165) is 0 Å². The first-order chi connectivity index (χ1) is 13.9. The maximum Gasteiger partial charge on any atom is 1.00 e. The van der Waals surface area contributed by atoms with E-state index < -0.39 is 10.4 Å².